The lowest BCUT2D eigenvalue weighted by Gasteiger charge is -2.09. The van der Waals surface area contributed by atoms with Gasteiger partial charge in [-0.25, -0.2) is 0 Å². The number of rotatable bonds is 4. The summed E-state index contributed by atoms with van der Waals surface area (Å²) in [5.74, 6) is 0.802. The predicted molar refractivity (Wildman–Crippen MR) is 60.9 cm³/mol. The Kier molecular flexibility index (Phi) is 4.52. The van der Waals surface area contributed by atoms with Gasteiger partial charge in [-0.15, -0.1) is 0 Å². The lowest BCUT2D eigenvalue weighted by Crippen LogP contribution is -1.99. The second kappa shape index (κ2) is 5.44. The third kappa shape index (κ3) is 3.15. The average Bonchev–Trinajstić information content (AvgIpc) is 2.15. The van der Waals surface area contributed by atoms with Crippen molar-refractivity contribution in [3.05, 3.63) is 27.3 Å². The van der Waals surface area contributed by atoms with E-state index < -0.39 is 0 Å². The molecule has 0 aliphatic heterocycles. The van der Waals surface area contributed by atoms with Gasteiger partial charge in [0.1, 0.15) is 5.75 Å². The zero-order valence-corrected chi connectivity index (χ0v) is 9.74. The topological polar surface area (TPSA) is 29.5 Å². The van der Waals surface area contributed by atoms with Gasteiger partial charge in [0.05, 0.1) is 13.2 Å². The van der Waals surface area contributed by atoms with E-state index in [-0.39, 0.29) is 6.61 Å². The maximum absolute atomic E-state index is 9.03. The summed E-state index contributed by atoms with van der Waals surface area (Å²) < 4.78 is 6.62. The summed E-state index contributed by atoms with van der Waals surface area (Å²) in [7, 11) is 0. The summed E-state index contributed by atoms with van der Waals surface area (Å²) in [6.45, 7) is 2.80. The zero-order valence-electron chi connectivity index (χ0n) is 7.59. The summed E-state index contributed by atoms with van der Waals surface area (Å²) >= 11 is 2.23. The van der Waals surface area contributed by atoms with Gasteiger partial charge in [0.15, 0.2) is 0 Å². The third-order valence-electron chi connectivity index (χ3n) is 1.66. The Morgan fingerprint density at radius 3 is 2.85 bits per heavy atom. The molecule has 0 aromatic heterocycles. The van der Waals surface area contributed by atoms with Crippen LogP contribution in [0.15, 0.2) is 18.2 Å². The van der Waals surface area contributed by atoms with E-state index >= 15 is 0 Å². The molecule has 1 N–H and O–H groups in total. The van der Waals surface area contributed by atoms with Crippen LogP contribution in [0.2, 0.25) is 0 Å². The Morgan fingerprint density at radius 1 is 1.46 bits per heavy atom. The minimum Gasteiger partial charge on any atom is -0.493 e. The van der Waals surface area contributed by atoms with E-state index in [4.69, 9.17) is 9.84 Å². The smallest absolute Gasteiger partial charge is 0.125 e. The first kappa shape index (κ1) is 10.8. The molecular formula is C10H13IO2. The van der Waals surface area contributed by atoms with E-state index in [0.717, 1.165) is 21.3 Å². The number of benzene rings is 1. The molecule has 0 amide bonds. The minimum absolute atomic E-state index is 0.0377. The Morgan fingerprint density at radius 2 is 2.23 bits per heavy atom. The molecule has 2 nitrogen and oxygen atoms in total. The van der Waals surface area contributed by atoms with Crippen molar-refractivity contribution in [2.75, 3.05) is 6.61 Å². The Hall–Kier alpha value is -0.290. The van der Waals surface area contributed by atoms with Gasteiger partial charge in [-0.3, -0.25) is 0 Å². The van der Waals surface area contributed by atoms with Crippen LogP contribution < -0.4 is 4.74 Å². The Balaban J connectivity index is 2.81. The highest BCUT2D eigenvalue weighted by molar-refractivity contribution is 14.1. The van der Waals surface area contributed by atoms with Crippen molar-refractivity contribution >= 4 is 22.6 Å². The van der Waals surface area contributed by atoms with Crippen molar-refractivity contribution in [2.24, 2.45) is 0 Å². The van der Waals surface area contributed by atoms with Gasteiger partial charge in [0.25, 0.3) is 0 Å². The molecule has 0 heterocycles. The SMILES string of the molecule is CCCOc1cc(I)ccc1CO. The monoisotopic (exact) mass is 292 g/mol. The fourth-order valence-corrected chi connectivity index (χ4v) is 1.47. The average molecular weight is 292 g/mol. The fraction of sp³-hybridized carbons (Fsp3) is 0.400. The van der Waals surface area contributed by atoms with Crippen molar-refractivity contribution in [1.82, 2.24) is 0 Å². The van der Waals surface area contributed by atoms with Gasteiger partial charge >= 0.3 is 0 Å². The van der Waals surface area contributed by atoms with Crippen molar-refractivity contribution in [3.63, 3.8) is 0 Å². The van der Waals surface area contributed by atoms with E-state index in [1.807, 2.05) is 18.2 Å². The van der Waals surface area contributed by atoms with E-state index in [0.29, 0.717) is 6.61 Å². The third-order valence-corrected chi connectivity index (χ3v) is 2.33. The molecule has 0 radical (unpaired) electrons. The second-order valence-electron chi connectivity index (χ2n) is 2.76. The fourth-order valence-electron chi connectivity index (χ4n) is 1.01. The quantitative estimate of drug-likeness (QED) is 0.864. The van der Waals surface area contributed by atoms with Crippen molar-refractivity contribution in [2.45, 2.75) is 20.0 Å². The molecule has 0 aliphatic rings. The summed E-state index contributed by atoms with van der Waals surface area (Å²) in [6.07, 6.45) is 0.982. The molecule has 3 heteroatoms. The highest BCUT2D eigenvalue weighted by Gasteiger charge is 2.02. The van der Waals surface area contributed by atoms with Gasteiger partial charge in [-0.05, 0) is 41.1 Å². The van der Waals surface area contributed by atoms with Crippen LogP contribution in [0.3, 0.4) is 0 Å². The molecule has 0 unspecified atom stereocenters. The summed E-state index contributed by atoms with van der Waals surface area (Å²) in [6, 6.07) is 5.81. The number of aliphatic hydroxyl groups is 1. The van der Waals surface area contributed by atoms with E-state index in [9.17, 15) is 0 Å². The molecule has 1 aromatic carbocycles. The standard InChI is InChI=1S/C10H13IO2/c1-2-5-13-10-6-9(11)4-3-8(10)7-12/h3-4,6,12H,2,5,7H2,1H3. The highest BCUT2D eigenvalue weighted by atomic mass is 127. The molecule has 1 aromatic rings. The number of hydrogen-bond acceptors (Lipinski definition) is 2. The number of hydrogen-bond donors (Lipinski definition) is 1. The molecule has 0 saturated heterocycles. The van der Waals surface area contributed by atoms with Crippen LogP contribution in [0, 0.1) is 3.57 Å². The first-order valence-electron chi connectivity index (χ1n) is 4.30. The van der Waals surface area contributed by atoms with Crippen LogP contribution in [-0.4, -0.2) is 11.7 Å². The lowest BCUT2D eigenvalue weighted by molar-refractivity contribution is 0.262. The first-order valence-corrected chi connectivity index (χ1v) is 5.38. The molecule has 0 bridgehead atoms. The molecule has 1 rings (SSSR count). The van der Waals surface area contributed by atoms with Crippen LogP contribution in [0.5, 0.6) is 5.75 Å². The van der Waals surface area contributed by atoms with E-state index in [1.54, 1.807) is 0 Å². The van der Waals surface area contributed by atoms with E-state index in [2.05, 4.69) is 29.5 Å². The maximum atomic E-state index is 9.03. The molecular weight excluding hydrogens is 279 g/mol. The van der Waals surface area contributed by atoms with Gasteiger partial charge in [0, 0.05) is 9.13 Å². The zero-order chi connectivity index (χ0) is 9.68. The highest BCUT2D eigenvalue weighted by Crippen LogP contribution is 2.21. The van der Waals surface area contributed by atoms with Crippen LogP contribution in [0.4, 0.5) is 0 Å². The lowest BCUT2D eigenvalue weighted by atomic mass is 10.2. The van der Waals surface area contributed by atoms with Crippen molar-refractivity contribution in [1.29, 1.82) is 0 Å². The van der Waals surface area contributed by atoms with Gasteiger partial charge < -0.3 is 9.84 Å². The largest absolute Gasteiger partial charge is 0.493 e. The van der Waals surface area contributed by atoms with Crippen LogP contribution in [-0.2, 0) is 6.61 Å². The first-order chi connectivity index (χ1) is 6.27. The number of halogens is 1. The van der Waals surface area contributed by atoms with Gasteiger partial charge in [-0.1, -0.05) is 13.0 Å². The Labute approximate surface area is 92.1 Å². The second-order valence-corrected chi connectivity index (χ2v) is 4.00. The van der Waals surface area contributed by atoms with Gasteiger partial charge in [-0.2, -0.15) is 0 Å². The van der Waals surface area contributed by atoms with E-state index in [1.165, 1.54) is 0 Å². The van der Waals surface area contributed by atoms with Crippen LogP contribution in [0.25, 0.3) is 0 Å². The molecule has 13 heavy (non-hydrogen) atoms. The number of ether oxygens (including phenoxy) is 1. The number of aliphatic hydroxyl groups excluding tert-OH is 1. The Bertz CT molecular complexity index is 274. The molecule has 0 spiro atoms. The van der Waals surface area contributed by atoms with Crippen LogP contribution >= 0.6 is 22.6 Å². The van der Waals surface area contributed by atoms with Crippen molar-refractivity contribution in [3.8, 4) is 5.75 Å². The molecule has 0 fully saturated rings. The predicted octanol–water partition coefficient (Wildman–Crippen LogP) is 2.57. The molecule has 0 atom stereocenters. The summed E-state index contributed by atoms with van der Waals surface area (Å²) in [5.41, 5.74) is 0.855. The maximum Gasteiger partial charge on any atom is 0.125 e. The van der Waals surface area contributed by atoms with Crippen molar-refractivity contribution < 1.29 is 9.84 Å². The summed E-state index contributed by atoms with van der Waals surface area (Å²) in [5, 5.41) is 9.03. The summed E-state index contributed by atoms with van der Waals surface area (Å²) in [4.78, 5) is 0. The van der Waals surface area contributed by atoms with Gasteiger partial charge in [0.2, 0.25) is 0 Å². The molecule has 72 valence electrons. The molecule has 0 aliphatic carbocycles. The minimum atomic E-state index is 0.0377. The van der Waals surface area contributed by atoms with Crippen LogP contribution in [0.1, 0.15) is 18.9 Å². The molecule has 0 saturated carbocycles. The normalized spacial score (nSPS) is 10.1.